The quantitative estimate of drug-likeness (QED) is 0.288. The number of phenolic OH excluding ortho intramolecular Hbond substituents is 1. The number of benzene rings is 3. The summed E-state index contributed by atoms with van der Waals surface area (Å²) >= 11 is 6.27. The number of fused-ring (bicyclic) bond motifs is 1. The molecule has 8 nitrogen and oxygen atoms in total. The normalized spacial score (nSPS) is 11.2. The van der Waals surface area contributed by atoms with Gasteiger partial charge in [-0.15, -0.1) is 0 Å². The zero-order valence-electron chi connectivity index (χ0n) is 17.9. The number of nitrogens with one attached hydrogen (secondary N) is 2. The SMILES string of the molecule is COc1cc2c(Oc3ccc(NC(=O)Nc4ccc(C(F)(F)F)cc4)c(Cl)c3)ncnc2cc1O. The average Bonchev–Trinajstić information content (AvgIpc) is 2.80. The number of phenols is 1. The van der Waals surface area contributed by atoms with E-state index < -0.39 is 17.8 Å². The Labute approximate surface area is 201 Å². The molecule has 3 N–H and O–H groups in total. The third-order valence-corrected chi connectivity index (χ3v) is 5.09. The number of alkyl halides is 3. The molecule has 3 aromatic carbocycles. The summed E-state index contributed by atoms with van der Waals surface area (Å²) in [5.41, 5.74) is 0.0117. The van der Waals surface area contributed by atoms with Crippen molar-refractivity contribution >= 4 is 39.9 Å². The number of ether oxygens (including phenoxy) is 2. The molecule has 0 spiro atoms. The van der Waals surface area contributed by atoms with Gasteiger partial charge in [-0.3, -0.25) is 0 Å². The van der Waals surface area contributed by atoms with Crippen LogP contribution < -0.4 is 20.1 Å². The van der Waals surface area contributed by atoms with Crippen molar-refractivity contribution in [2.24, 2.45) is 0 Å². The number of methoxy groups -OCH3 is 1. The molecule has 0 aliphatic carbocycles. The molecular formula is C23H16ClF3N4O4. The van der Waals surface area contributed by atoms with Gasteiger partial charge in [0, 0.05) is 17.8 Å². The molecule has 0 saturated heterocycles. The number of aromatic nitrogens is 2. The number of rotatable bonds is 5. The molecule has 4 rings (SSSR count). The fourth-order valence-electron chi connectivity index (χ4n) is 3.09. The second-order valence-corrected chi connectivity index (χ2v) is 7.53. The van der Waals surface area contributed by atoms with Crippen molar-refractivity contribution < 1.29 is 32.5 Å². The van der Waals surface area contributed by atoms with Crippen molar-refractivity contribution in [1.82, 2.24) is 9.97 Å². The van der Waals surface area contributed by atoms with E-state index >= 15 is 0 Å². The number of hydrogen-bond acceptors (Lipinski definition) is 6. The van der Waals surface area contributed by atoms with E-state index in [0.29, 0.717) is 16.7 Å². The third-order valence-electron chi connectivity index (χ3n) is 4.77. The summed E-state index contributed by atoms with van der Waals surface area (Å²) in [7, 11) is 1.41. The van der Waals surface area contributed by atoms with Crippen LogP contribution in [0.25, 0.3) is 10.9 Å². The van der Waals surface area contributed by atoms with E-state index in [0.717, 1.165) is 24.3 Å². The van der Waals surface area contributed by atoms with Crippen LogP contribution in [0.4, 0.5) is 29.3 Å². The van der Waals surface area contributed by atoms with Crippen molar-refractivity contribution in [2.45, 2.75) is 6.18 Å². The van der Waals surface area contributed by atoms with Gasteiger partial charge in [0.2, 0.25) is 5.88 Å². The highest BCUT2D eigenvalue weighted by Gasteiger charge is 2.30. The number of halogens is 4. The number of anilines is 2. The summed E-state index contributed by atoms with van der Waals surface area (Å²) in [4.78, 5) is 20.4. The first-order valence-corrected chi connectivity index (χ1v) is 10.3. The summed E-state index contributed by atoms with van der Waals surface area (Å²) in [6, 6.07) is 10.7. The Morgan fingerprint density at radius 3 is 2.43 bits per heavy atom. The Morgan fingerprint density at radius 1 is 1.03 bits per heavy atom. The molecule has 1 heterocycles. The molecule has 1 aromatic heterocycles. The predicted octanol–water partition coefficient (Wildman–Crippen LogP) is 6.45. The van der Waals surface area contributed by atoms with Gasteiger partial charge in [0.25, 0.3) is 0 Å². The molecular weight excluding hydrogens is 489 g/mol. The van der Waals surface area contributed by atoms with Gasteiger partial charge >= 0.3 is 12.2 Å². The van der Waals surface area contributed by atoms with Gasteiger partial charge in [-0.05, 0) is 42.5 Å². The first kappa shape index (κ1) is 23.9. The number of urea groups is 1. The Hall–Kier alpha value is -4.25. The minimum Gasteiger partial charge on any atom is -0.504 e. The standard InChI is InChI=1S/C23H16ClF3N4O4/c1-34-20-9-15-18(10-19(20)32)28-11-29-21(15)35-14-6-7-17(16(24)8-14)31-22(33)30-13-4-2-12(3-5-13)23(25,26)27/h2-11,32H,1H3,(H2,30,31,33). The minimum atomic E-state index is -4.47. The van der Waals surface area contributed by atoms with E-state index in [4.69, 9.17) is 21.1 Å². The maximum Gasteiger partial charge on any atom is 0.416 e. The molecule has 0 aliphatic heterocycles. The van der Waals surface area contributed by atoms with Gasteiger partial charge in [0.1, 0.15) is 12.1 Å². The van der Waals surface area contributed by atoms with Gasteiger partial charge < -0.3 is 25.2 Å². The Morgan fingerprint density at radius 2 is 1.77 bits per heavy atom. The lowest BCUT2D eigenvalue weighted by Crippen LogP contribution is -2.19. The van der Waals surface area contributed by atoms with Crippen LogP contribution in [0.15, 0.2) is 60.9 Å². The first-order chi connectivity index (χ1) is 16.6. The molecule has 0 atom stereocenters. The van der Waals surface area contributed by atoms with Gasteiger partial charge in [-0.25, -0.2) is 14.8 Å². The Kier molecular flexibility index (Phi) is 6.52. The van der Waals surface area contributed by atoms with Gasteiger partial charge in [-0.2, -0.15) is 13.2 Å². The van der Waals surface area contributed by atoms with E-state index in [2.05, 4.69) is 20.6 Å². The molecule has 0 aliphatic rings. The van der Waals surface area contributed by atoms with Crippen LogP contribution in [0, 0.1) is 0 Å². The zero-order valence-corrected chi connectivity index (χ0v) is 18.6. The number of aromatic hydroxyl groups is 1. The molecule has 180 valence electrons. The topological polar surface area (TPSA) is 106 Å². The molecule has 4 aromatic rings. The maximum atomic E-state index is 12.7. The van der Waals surface area contributed by atoms with E-state index in [1.165, 1.54) is 43.8 Å². The fourth-order valence-corrected chi connectivity index (χ4v) is 3.31. The third kappa shape index (κ3) is 5.46. The van der Waals surface area contributed by atoms with E-state index in [1.807, 2.05) is 0 Å². The van der Waals surface area contributed by atoms with Crippen LogP contribution in [0.2, 0.25) is 5.02 Å². The van der Waals surface area contributed by atoms with Gasteiger partial charge in [-0.1, -0.05) is 11.6 Å². The zero-order chi connectivity index (χ0) is 25.2. The van der Waals surface area contributed by atoms with E-state index in [-0.39, 0.29) is 33.8 Å². The number of hydrogen-bond donors (Lipinski definition) is 3. The van der Waals surface area contributed by atoms with Crippen LogP contribution in [0.5, 0.6) is 23.1 Å². The molecule has 0 bridgehead atoms. The molecule has 0 radical (unpaired) electrons. The van der Waals surface area contributed by atoms with Crippen LogP contribution >= 0.6 is 11.6 Å². The Bertz CT molecular complexity index is 1400. The van der Waals surface area contributed by atoms with Crippen LogP contribution in [0.1, 0.15) is 5.56 Å². The molecule has 0 saturated carbocycles. The Balaban J connectivity index is 1.47. The van der Waals surface area contributed by atoms with Crippen molar-refractivity contribution in [3.05, 3.63) is 71.5 Å². The molecule has 0 unspecified atom stereocenters. The summed E-state index contributed by atoms with van der Waals surface area (Å²) in [5.74, 6) is 0.618. The highest BCUT2D eigenvalue weighted by atomic mass is 35.5. The first-order valence-electron chi connectivity index (χ1n) is 9.88. The summed E-state index contributed by atoms with van der Waals surface area (Å²) in [5, 5.41) is 15.5. The second-order valence-electron chi connectivity index (χ2n) is 7.12. The highest BCUT2D eigenvalue weighted by Crippen LogP contribution is 2.36. The van der Waals surface area contributed by atoms with Crippen molar-refractivity contribution in [3.63, 3.8) is 0 Å². The highest BCUT2D eigenvalue weighted by molar-refractivity contribution is 6.34. The fraction of sp³-hybridized carbons (Fsp3) is 0.0870. The molecule has 2 amide bonds. The lowest BCUT2D eigenvalue weighted by atomic mass is 10.2. The number of amides is 2. The largest absolute Gasteiger partial charge is 0.504 e. The van der Waals surface area contributed by atoms with E-state index in [1.54, 1.807) is 0 Å². The monoisotopic (exact) mass is 504 g/mol. The number of carbonyl (C=O) groups excluding carboxylic acids is 1. The molecule has 12 heteroatoms. The summed E-state index contributed by atoms with van der Waals surface area (Å²) < 4.78 is 48.9. The lowest BCUT2D eigenvalue weighted by molar-refractivity contribution is -0.137. The molecule has 35 heavy (non-hydrogen) atoms. The van der Waals surface area contributed by atoms with Gasteiger partial charge in [0.05, 0.1) is 34.3 Å². The summed E-state index contributed by atoms with van der Waals surface area (Å²) in [6.07, 6.45) is -3.20. The van der Waals surface area contributed by atoms with Crippen LogP contribution in [-0.4, -0.2) is 28.2 Å². The van der Waals surface area contributed by atoms with Crippen molar-refractivity contribution in [3.8, 4) is 23.1 Å². The van der Waals surface area contributed by atoms with Crippen molar-refractivity contribution in [2.75, 3.05) is 17.7 Å². The summed E-state index contributed by atoms with van der Waals surface area (Å²) in [6.45, 7) is 0. The van der Waals surface area contributed by atoms with E-state index in [9.17, 15) is 23.1 Å². The van der Waals surface area contributed by atoms with Crippen LogP contribution in [-0.2, 0) is 6.18 Å². The number of carbonyl (C=O) groups is 1. The minimum absolute atomic E-state index is 0.0855. The average molecular weight is 505 g/mol. The number of nitrogens with zero attached hydrogens (tertiary/aromatic N) is 2. The lowest BCUT2D eigenvalue weighted by Gasteiger charge is -2.12. The van der Waals surface area contributed by atoms with Crippen LogP contribution in [0.3, 0.4) is 0 Å². The predicted molar refractivity (Wildman–Crippen MR) is 123 cm³/mol. The second kappa shape index (κ2) is 9.55. The van der Waals surface area contributed by atoms with Crippen molar-refractivity contribution in [1.29, 1.82) is 0 Å². The van der Waals surface area contributed by atoms with Gasteiger partial charge in [0.15, 0.2) is 11.5 Å². The smallest absolute Gasteiger partial charge is 0.416 e. The molecule has 0 fully saturated rings. The maximum absolute atomic E-state index is 12.7.